The van der Waals surface area contributed by atoms with Crippen molar-refractivity contribution in [3.8, 4) is 11.6 Å². The van der Waals surface area contributed by atoms with Crippen LogP contribution in [0.2, 0.25) is 0 Å². The molecule has 6 heteroatoms. The van der Waals surface area contributed by atoms with Gasteiger partial charge in [0, 0.05) is 50.2 Å². The molecule has 0 spiro atoms. The van der Waals surface area contributed by atoms with Crippen molar-refractivity contribution in [1.82, 2.24) is 24.4 Å². The van der Waals surface area contributed by atoms with Crippen LogP contribution in [0.4, 0.5) is 0 Å². The fourth-order valence-electron chi connectivity index (χ4n) is 4.02. The van der Waals surface area contributed by atoms with Gasteiger partial charge in [-0.1, -0.05) is 19.1 Å². The Bertz CT molecular complexity index is 905. The largest absolute Gasteiger partial charge is 0.497 e. The van der Waals surface area contributed by atoms with Crippen LogP contribution in [0.1, 0.15) is 42.8 Å². The van der Waals surface area contributed by atoms with E-state index in [2.05, 4.69) is 38.5 Å². The van der Waals surface area contributed by atoms with E-state index in [1.165, 1.54) is 12.0 Å². The Morgan fingerprint density at radius 3 is 2.68 bits per heavy atom. The maximum Gasteiger partial charge on any atom is 0.160 e. The summed E-state index contributed by atoms with van der Waals surface area (Å²) in [6, 6.07) is 8.36. The van der Waals surface area contributed by atoms with E-state index in [1.807, 2.05) is 30.7 Å². The van der Waals surface area contributed by atoms with Crippen LogP contribution in [0.3, 0.4) is 0 Å². The Hall–Kier alpha value is -2.73. The maximum absolute atomic E-state index is 5.27. The van der Waals surface area contributed by atoms with E-state index in [0.29, 0.717) is 5.92 Å². The first-order valence-electron chi connectivity index (χ1n) is 9.97. The zero-order valence-corrected chi connectivity index (χ0v) is 16.6. The van der Waals surface area contributed by atoms with Crippen molar-refractivity contribution < 1.29 is 4.74 Å². The fourth-order valence-corrected chi connectivity index (χ4v) is 4.02. The highest BCUT2D eigenvalue weighted by Gasteiger charge is 2.26. The first-order chi connectivity index (χ1) is 13.8. The molecule has 2 aromatic heterocycles. The molecule has 1 atom stereocenters. The molecule has 0 N–H and O–H groups in total. The molecule has 1 fully saturated rings. The smallest absolute Gasteiger partial charge is 0.160 e. The normalized spacial score (nSPS) is 17.6. The number of aryl methyl sites for hydroxylation is 1. The summed E-state index contributed by atoms with van der Waals surface area (Å²) in [6.07, 6.45) is 10.6. The van der Waals surface area contributed by atoms with Gasteiger partial charge in [0.05, 0.1) is 12.8 Å². The molecule has 146 valence electrons. The number of hydrogen-bond acceptors (Lipinski definition) is 5. The molecule has 0 aliphatic carbocycles. The van der Waals surface area contributed by atoms with Gasteiger partial charge < -0.3 is 4.74 Å². The maximum atomic E-state index is 5.27. The van der Waals surface area contributed by atoms with Gasteiger partial charge in [-0.2, -0.15) is 0 Å². The van der Waals surface area contributed by atoms with Crippen LogP contribution in [-0.4, -0.2) is 44.6 Å². The molecule has 6 nitrogen and oxygen atoms in total. The monoisotopic (exact) mass is 377 g/mol. The van der Waals surface area contributed by atoms with Crippen LogP contribution in [0.15, 0.2) is 49.1 Å². The van der Waals surface area contributed by atoms with E-state index < -0.39 is 0 Å². The highest BCUT2D eigenvalue weighted by Crippen LogP contribution is 2.30. The summed E-state index contributed by atoms with van der Waals surface area (Å²) >= 11 is 0. The van der Waals surface area contributed by atoms with E-state index in [0.717, 1.165) is 55.6 Å². The molecular formula is C22H27N5O. The van der Waals surface area contributed by atoms with Crippen molar-refractivity contribution >= 4 is 0 Å². The van der Waals surface area contributed by atoms with Crippen LogP contribution in [0.5, 0.6) is 5.75 Å². The van der Waals surface area contributed by atoms with Gasteiger partial charge in [-0.15, -0.1) is 0 Å². The van der Waals surface area contributed by atoms with Crippen LogP contribution >= 0.6 is 0 Å². The van der Waals surface area contributed by atoms with Crippen molar-refractivity contribution in [1.29, 1.82) is 0 Å². The zero-order chi connectivity index (χ0) is 19.3. The van der Waals surface area contributed by atoms with E-state index in [9.17, 15) is 0 Å². The second kappa shape index (κ2) is 8.52. The SMILES string of the molecule is CCc1nccn1-c1nccnc1[C@@H]1CCCN(Cc2ccc(OC)cc2)C1. The molecule has 3 heterocycles. The number of piperidine rings is 1. The predicted molar refractivity (Wildman–Crippen MR) is 109 cm³/mol. The number of likely N-dealkylation sites (tertiary alicyclic amines) is 1. The molecule has 3 aromatic rings. The number of ether oxygens (including phenoxy) is 1. The first kappa shape index (κ1) is 18.6. The van der Waals surface area contributed by atoms with E-state index in [4.69, 9.17) is 9.72 Å². The van der Waals surface area contributed by atoms with Crippen molar-refractivity contribution in [3.63, 3.8) is 0 Å². The van der Waals surface area contributed by atoms with Crippen LogP contribution < -0.4 is 4.74 Å². The third-order valence-electron chi connectivity index (χ3n) is 5.43. The highest BCUT2D eigenvalue weighted by atomic mass is 16.5. The number of aromatic nitrogens is 4. The molecule has 0 bridgehead atoms. The second-order valence-corrected chi connectivity index (χ2v) is 7.25. The minimum Gasteiger partial charge on any atom is -0.497 e. The van der Waals surface area contributed by atoms with Gasteiger partial charge in [-0.3, -0.25) is 14.5 Å². The molecule has 0 saturated carbocycles. The fraction of sp³-hybridized carbons (Fsp3) is 0.409. The van der Waals surface area contributed by atoms with E-state index in [1.54, 1.807) is 13.3 Å². The molecule has 1 saturated heterocycles. The third kappa shape index (κ3) is 3.92. The zero-order valence-electron chi connectivity index (χ0n) is 16.6. The van der Waals surface area contributed by atoms with E-state index in [-0.39, 0.29) is 0 Å². The molecule has 1 aliphatic heterocycles. The molecule has 1 aromatic carbocycles. The van der Waals surface area contributed by atoms with Crippen molar-refractivity contribution in [2.24, 2.45) is 0 Å². The molecule has 4 rings (SSSR count). The summed E-state index contributed by atoms with van der Waals surface area (Å²) in [6.45, 7) is 5.17. The van der Waals surface area contributed by atoms with Gasteiger partial charge in [0.2, 0.25) is 0 Å². The summed E-state index contributed by atoms with van der Waals surface area (Å²) in [5, 5.41) is 0. The molecule has 0 amide bonds. The topological polar surface area (TPSA) is 56.1 Å². The number of rotatable bonds is 6. The molecule has 0 radical (unpaired) electrons. The summed E-state index contributed by atoms with van der Waals surface area (Å²) in [5.74, 6) is 3.22. The second-order valence-electron chi connectivity index (χ2n) is 7.25. The molecule has 1 aliphatic rings. The standard InChI is InChI=1S/C22H27N5O/c1-3-20-23-12-14-27(20)22-21(24-10-11-25-22)18-5-4-13-26(16-18)15-17-6-8-19(28-2)9-7-17/h6-12,14,18H,3-5,13,15-16H2,1-2H3/t18-/m1/s1. The first-order valence-corrected chi connectivity index (χ1v) is 9.97. The number of nitrogens with zero attached hydrogens (tertiary/aromatic N) is 5. The number of benzene rings is 1. The highest BCUT2D eigenvalue weighted by molar-refractivity contribution is 5.33. The van der Waals surface area contributed by atoms with E-state index >= 15 is 0 Å². The Kier molecular flexibility index (Phi) is 5.67. The Labute approximate surface area is 166 Å². The summed E-state index contributed by atoms with van der Waals surface area (Å²) in [5.41, 5.74) is 2.39. The van der Waals surface area contributed by atoms with Crippen molar-refractivity contribution in [2.75, 3.05) is 20.2 Å². The van der Waals surface area contributed by atoms with Gasteiger partial charge in [0.1, 0.15) is 11.6 Å². The van der Waals surface area contributed by atoms with Gasteiger partial charge in [-0.25, -0.2) is 9.97 Å². The molecule has 28 heavy (non-hydrogen) atoms. The number of hydrogen-bond donors (Lipinski definition) is 0. The lowest BCUT2D eigenvalue weighted by Gasteiger charge is -2.33. The van der Waals surface area contributed by atoms with Gasteiger partial charge >= 0.3 is 0 Å². The van der Waals surface area contributed by atoms with Crippen molar-refractivity contribution in [3.05, 3.63) is 66.1 Å². The Morgan fingerprint density at radius 1 is 1.07 bits per heavy atom. The number of imidazole rings is 1. The quantitative estimate of drug-likeness (QED) is 0.657. The number of methoxy groups -OCH3 is 1. The van der Waals surface area contributed by atoms with Crippen LogP contribution in [0, 0.1) is 0 Å². The summed E-state index contributed by atoms with van der Waals surface area (Å²) < 4.78 is 7.35. The third-order valence-corrected chi connectivity index (χ3v) is 5.43. The van der Waals surface area contributed by atoms with Crippen molar-refractivity contribution in [2.45, 2.75) is 38.6 Å². The van der Waals surface area contributed by atoms with Gasteiger partial charge in [-0.05, 0) is 37.1 Å². The predicted octanol–water partition coefficient (Wildman–Crippen LogP) is 3.61. The molecule has 0 unspecified atom stereocenters. The molecular weight excluding hydrogens is 350 g/mol. The lowest BCUT2D eigenvalue weighted by atomic mass is 9.94. The van der Waals surface area contributed by atoms with Gasteiger partial charge in [0.25, 0.3) is 0 Å². The van der Waals surface area contributed by atoms with Gasteiger partial charge in [0.15, 0.2) is 5.82 Å². The Balaban J connectivity index is 1.53. The Morgan fingerprint density at radius 2 is 1.89 bits per heavy atom. The lowest BCUT2D eigenvalue weighted by Crippen LogP contribution is -2.34. The van der Waals surface area contributed by atoms with Crippen LogP contribution in [0.25, 0.3) is 5.82 Å². The average molecular weight is 377 g/mol. The average Bonchev–Trinajstić information content (AvgIpc) is 3.23. The van der Waals surface area contributed by atoms with Crippen LogP contribution in [-0.2, 0) is 13.0 Å². The lowest BCUT2D eigenvalue weighted by molar-refractivity contribution is 0.198. The summed E-state index contributed by atoms with van der Waals surface area (Å²) in [4.78, 5) is 16.4. The minimum absolute atomic E-state index is 0.378. The minimum atomic E-state index is 0.378. The summed E-state index contributed by atoms with van der Waals surface area (Å²) in [7, 11) is 1.70.